The van der Waals surface area contributed by atoms with Gasteiger partial charge in [-0.2, -0.15) is 0 Å². The molecule has 0 aliphatic carbocycles. The Morgan fingerprint density at radius 3 is 2.56 bits per heavy atom. The molecule has 1 aliphatic heterocycles. The molecule has 6 heteroatoms. The Labute approximate surface area is 107 Å². The molecular formula is C12H22N2O4. The van der Waals surface area contributed by atoms with Gasteiger partial charge in [0.25, 0.3) is 0 Å². The van der Waals surface area contributed by atoms with Crippen LogP contribution in [0.25, 0.3) is 0 Å². The highest BCUT2D eigenvalue weighted by Crippen LogP contribution is 2.25. The minimum atomic E-state index is -0.999. The maximum absolute atomic E-state index is 12.2. The van der Waals surface area contributed by atoms with E-state index in [2.05, 4.69) is 0 Å². The Bertz CT molecular complexity index is 321. The molecule has 0 aromatic rings. The molecule has 3 unspecified atom stereocenters. The van der Waals surface area contributed by atoms with Crippen molar-refractivity contribution in [2.75, 3.05) is 20.2 Å². The third-order valence-electron chi connectivity index (χ3n) is 3.76. The van der Waals surface area contributed by atoms with E-state index < -0.39 is 12.0 Å². The van der Waals surface area contributed by atoms with Crippen molar-refractivity contribution < 1.29 is 19.8 Å². The number of aliphatic hydroxyl groups excluding tert-OH is 1. The van der Waals surface area contributed by atoms with E-state index in [-0.39, 0.29) is 24.6 Å². The molecule has 0 aromatic heterocycles. The number of nitrogens with zero attached hydrogens (tertiary/aromatic N) is 2. The number of urea groups is 1. The lowest BCUT2D eigenvalue weighted by atomic mass is 10.0. The van der Waals surface area contributed by atoms with E-state index in [1.165, 1.54) is 11.9 Å². The van der Waals surface area contributed by atoms with Crippen molar-refractivity contribution >= 4 is 12.0 Å². The summed E-state index contributed by atoms with van der Waals surface area (Å²) in [5, 5.41) is 18.4. The molecular weight excluding hydrogens is 236 g/mol. The Balaban J connectivity index is 2.77. The van der Waals surface area contributed by atoms with Crippen molar-refractivity contribution in [2.24, 2.45) is 5.92 Å². The van der Waals surface area contributed by atoms with Crippen LogP contribution in [0.1, 0.15) is 26.7 Å². The van der Waals surface area contributed by atoms with E-state index in [4.69, 9.17) is 5.11 Å². The first kappa shape index (κ1) is 14.8. The van der Waals surface area contributed by atoms with Gasteiger partial charge >= 0.3 is 12.0 Å². The van der Waals surface area contributed by atoms with Gasteiger partial charge in [0.15, 0.2) is 0 Å². The van der Waals surface area contributed by atoms with Gasteiger partial charge in [-0.3, -0.25) is 0 Å². The topological polar surface area (TPSA) is 81.1 Å². The van der Waals surface area contributed by atoms with Gasteiger partial charge in [-0.15, -0.1) is 0 Å². The van der Waals surface area contributed by atoms with Gasteiger partial charge in [0.05, 0.1) is 12.6 Å². The number of carbonyl (C=O) groups excluding carboxylic acids is 1. The molecule has 0 bridgehead atoms. The number of rotatable bonds is 4. The lowest BCUT2D eigenvalue weighted by Crippen LogP contribution is -2.51. The molecule has 104 valence electrons. The van der Waals surface area contributed by atoms with Gasteiger partial charge < -0.3 is 20.0 Å². The highest BCUT2D eigenvalue weighted by atomic mass is 16.4. The molecule has 0 radical (unpaired) electrons. The zero-order chi connectivity index (χ0) is 13.9. The van der Waals surface area contributed by atoms with Gasteiger partial charge in [-0.05, 0) is 18.8 Å². The SMILES string of the molecule is CCC(C(=O)O)N(C)C(=O)N1CCC(C)C1CO. The zero-order valence-electron chi connectivity index (χ0n) is 11.2. The molecule has 2 N–H and O–H groups in total. The van der Waals surface area contributed by atoms with Crippen molar-refractivity contribution in [3.8, 4) is 0 Å². The summed E-state index contributed by atoms with van der Waals surface area (Å²) in [5.41, 5.74) is 0. The van der Waals surface area contributed by atoms with E-state index >= 15 is 0 Å². The molecule has 3 atom stereocenters. The van der Waals surface area contributed by atoms with Crippen LogP contribution in [-0.4, -0.2) is 64.3 Å². The fraction of sp³-hybridized carbons (Fsp3) is 0.833. The third-order valence-corrected chi connectivity index (χ3v) is 3.76. The van der Waals surface area contributed by atoms with Crippen LogP contribution >= 0.6 is 0 Å². The molecule has 1 heterocycles. The summed E-state index contributed by atoms with van der Waals surface area (Å²) < 4.78 is 0. The summed E-state index contributed by atoms with van der Waals surface area (Å²) in [6.45, 7) is 4.22. The van der Waals surface area contributed by atoms with Gasteiger partial charge in [0, 0.05) is 13.6 Å². The number of likely N-dealkylation sites (tertiary alicyclic amines) is 1. The lowest BCUT2D eigenvalue weighted by molar-refractivity contribution is -0.142. The van der Waals surface area contributed by atoms with Gasteiger partial charge in [-0.1, -0.05) is 13.8 Å². The summed E-state index contributed by atoms with van der Waals surface area (Å²) in [7, 11) is 1.50. The second-order valence-corrected chi connectivity index (χ2v) is 4.87. The van der Waals surface area contributed by atoms with Gasteiger partial charge in [-0.25, -0.2) is 9.59 Å². The summed E-state index contributed by atoms with van der Waals surface area (Å²) in [5.74, 6) is -0.751. The van der Waals surface area contributed by atoms with Crippen LogP contribution < -0.4 is 0 Å². The lowest BCUT2D eigenvalue weighted by Gasteiger charge is -2.32. The van der Waals surface area contributed by atoms with E-state index in [9.17, 15) is 14.7 Å². The van der Waals surface area contributed by atoms with Crippen molar-refractivity contribution in [3.63, 3.8) is 0 Å². The third kappa shape index (κ3) is 2.75. The average Bonchev–Trinajstić information content (AvgIpc) is 2.69. The Morgan fingerprint density at radius 1 is 1.50 bits per heavy atom. The number of carboxylic acid groups (broad SMARTS) is 1. The molecule has 1 rings (SSSR count). The predicted molar refractivity (Wildman–Crippen MR) is 66.2 cm³/mol. The van der Waals surface area contributed by atoms with Crippen LogP contribution in [0, 0.1) is 5.92 Å². The maximum Gasteiger partial charge on any atom is 0.326 e. The van der Waals surface area contributed by atoms with Crippen LogP contribution in [0.2, 0.25) is 0 Å². The second kappa shape index (κ2) is 6.04. The molecule has 18 heavy (non-hydrogen) atoms. The summed E-state index contributed by atoms with van der Waals surface area (Å²) in [6, 6.07) is -1.33. The van der Waals surface area contributed by atoms with E-state index in [1.54, 1.807) is 11.8 Å². The summed E-state index contributed by atoms with van der Waals surface area (Å²) >= 11 is 0. The monoisotopic (exact) mass is 258 g/mol. The van der Waals surface area contributed by atoms with Crippen LogP contribution in [0.5, 0.6) is 0 Å². The molecule has 1 saturated heterocycles. The zero-order valence-corrected chi connectivity index (χ0v) is 11.2. The number of aliphatic carboxylic acids is 1. The van der Waals surface area contributed by atoms with Crippen molar-refractivity contribution in [3.05, 3.63) is 0 Å². The Morgan fingerprint density at radius 2 is 2.11 bits per heavy atom. The highest BCUT2D eigenvalue weighted by molar-refractivity contribution is 5.82. The molecule has 2 amide bonds. The summed E-state index contributed by atoms with van der Waals surface area (Å²) in [6.07, 6.45) is 1.21. The number of aliphatic hydroxyl groups is 1. The normalized spacial score (nSPS) is 25.0. The van der Waals surface area contributed by atoms with E-state index in [0.29, 0.717) is 13.0 Å². The van der Waals surface area contributed by atoms with Gasteiger partial charge in [0.1, 0.15) is 6.04 Å². The Kier molecular flexibility index (Phi) is 4.95. The molecule has 1 aliphatic rings. The van der Waals surface area contributed by atoms with Crippen LogP contribution in [0.3, 0.4) is 0 Å². The molecule has 1 fully saturated rings. The van der Waals surface area contributed by atoms with Crippen molar-refractivity contribution in [2.45, 2.75) is 38.8 Å². The predicted octanol–water partition coefficient (Wildman–Crippen LogP) is 0.604. The van der Waals surface area contributed by atoms with Crippen molar-refractivity contribution in [1.29, 1.82) is 0 Å². The maximum atomic E-state index is 12.2. The van der Waals surface area contributed by atoms with Gasteiger partial charge in [0.2, 0.25) is 0 Å². The number of hydrogen-bond donors (Lipinski definition) is 2. The molecule has 0 spiro atoms. The number of carbonyl (C=O) groups is 2. The first-order chi connectivity index (χ1) is 8.43. The number of amides is 2. The first-order valence-corrected chi connectivity index (χ1v) is 6.31. The van der Waals surface area contributed by atoms with E-state index in [1.807, 2.05) is 6.92 Å². The van der Waals surface area contributed by atoms with Crippen LogP contribution in [0.4, 0.5) is 4.79 Å². The second-order valence-electron chi connectivity index (χ2n) is 4.87. The smallest absolute Gasteiger partial charge is 0.326 e. The quantitative estimate of drug-likeness (QED) is 0.774. The Hall–Kier alpha value is -1.30. The van der Waals surface area contributed by atoms with Crippen LogP contribution in [0.15, 0.2) is 0 Å². The average molecular weight is 258 g/mol. The first-order valence-electron chi connectivity index (χ1n) is 6.31. The standard InChI is InChI=1S/C12H22N2O4/c1-4-9(11(16)17)13(3)12(18)14-6-5-8(2)10(14)7-15/h8-10,15H,4-7H2,1-3H3,(H,16,17). The fourth-order valence-electron chi connectivity index (χ4n) is 2.47. The fourth-order valence-corrected chi connectivity index (χ4v) is 2.47. The summed E-state index contributed by atoms with van der Waals surface area (Å²) in [4.78, 5) is 26.1. The minimum Gasteiger partial charge on any atom is -0.480 e. The number of likely N-dealkylation sites (N-methyl/N-ethyl adjacent to an activating group) is 1. The number of carboxylic acids is 1. The molecule has 0 aromatic carbocycles. The highest BCUT2D eigenvalue weighted by Gasteiger charge is 2.37. The number of hydrogen-bond acceptors (Lipinski definition) is 3. The minimum absolute atomic E-state index is 0.0788. The van der Waals surface area contributed by atoms with Crippen molar-refractivity contribution in [1.82, 2.24) is 9.80 Å². The van der Waals surface area contributed by atoms with E-state index in [0.717, 1.165) is 6.42 Å². The largest absolute Gasteiger partial charge is 0.480 e. The van der Waals surface area contributed by atoms with Crippen LogP contribution in [-0.2, 0) is 4.79 Å². The molecule has 0 saturated carbocycles. The molecule has 6 nitrogen and oxygen atoms in total.